The van der Waals surface area contributed by atoms with E-state index in [2.05, 4.69) is 38.1 Å². The Balaban J connectivity index is 2.40. The lowest BCUT2D eigenvalue weighted by atomic mass is 9.98. The highest BCUT2D eigenvalue weighted by Gasteiger charge is 2.07. The van der Waals surface area contributed by atoms with Gasteiger partial charge in [-0.25, -0.2) is 0 Å². The van der Waals surface area contributed by atoms with Gasteiger partial charge in [-0.3, -0.25) is 0 Å². The summed E-state index contributed by atoms with van der Waals surface area (Å²) in [7, 11) is 0. The van der Waals surface area contributed by atoms with E-state index in [0.29, 0.717) is 0 Å². The van der Waals surface area contributed by atoms with Crippen LogP contribution < -0.4 is 0 Å². The number of thiophene rings is 1. The number of rotatable bonds is 1. The van der Waals surface area contributed by atoms with Gasteiger partial charge < -0.3 is 0 Å². The second-order valence-electron chi connectivity index (χ2n) is 3.55. The predicted octanol–water partition coefficient (Wildman–Crippen LogP) is 4.18. The van der Waals surface area contributed by atoms with Crippen LogP contribution in [0.3, 0.4) is 0 Å². The van der Waals surface area contributed by atoms with Gasteiger partial charge in [0, 0.05) is 9.75 Å². The van der Waals surface area contributed by atoms with Crippen LogP contribution in [0.1, 0.15) is 29.5 Å². The molecule has 0 N–H and O–H groups in total. The lowest BCUT2D eigenvalue weighted by Gasteiger charge is -2.10. The molecule has 0 fully saturated rings. The molecule has 1 aliphatic carbocycles. The molecule has 0 saturated heterocycles. The molecule has 1 aromatic rings. The Labute approximate surface area is 83.6 Å². The van der Waals surface area contributed by atoms with Gasteiger partial charge in [-0.05, 0) is 44.4 Å². The Kier molecular flexibility index (Phi) is 2.36. The highest BCUT2D eigenvalue weighted by molar-refractivity contribution is 7.13. The second kappa shape index (κ2) is 3.51. The van der Waals surface area contributed by atoms with Crippen molar-refractivity contribution in [2.45, 2.75) is 26.7 Å². The number of allylic oxidation sites excluding steroid dienone is 4. The summed E-state index contributed by atoms with van der Waals surface area (Å²) < 4.78 is 0. The predicted molar refractivity (Wildman–Crippen MR) is 60.0 cm³/mol. The fourth-order valence-corrected chi connectivity index (χ4v) is 2.62. The van der Waals surface area contributed by atoms with Gasteiger partial charge in [-0.2, -0.15) is 0 Å². The summed E-state index contributed by atoms with van der Waals surface area (Å²) in [4.78, 5) is 2.82. The zero-order valence-corrected chi connectivity index (χ0v) is 8.95. The minimum absolute atomic E-state index is 1.21. The molecule has 0 unspecified atom stereocenters. The normalized spacial score (nSPS) is 16.8. The Hall–Kier alpha value is -0.820. The molecule has 0 radical (unpaired) electrons. The van der Waals surface area contributed by atoms with Crippen LogP contribution in [0.25, 0.3) is 5.57 Å². The monoisotopic (exact) mass is 190 g/mol. The van der Waals surface area contributed by atoms with Gasteiger partial charge in [0.25, 0.3) is 0 Å². The molecule has 0 aliphatic heterocycles. The van der Waals surface area contributed by atoms with E-state index in [1.807, 2.05) is 11.3 Å². The van der Waals surface area contributed by atoms with Crippen molar-refractivity contribution in [2.24, 2.45) is 0 Å². The van der Waals surface area contributed by atoms with Gasteiger partial charge in [0.05, 0.1) is 0 Å². The third-order valence-corrected chi connectivity index (χ3v) is 3.47. The van der Waals surface area contributed by atoms with Gasteiger partial charge in [-0.15, -0.1) is 11.3 Å². The van der Waals surface area contributed by atoms with E-state index in [-0.39, 0.29) is 0 Å². The first-order valence-corrected chi connectivity index (χ1v) is 5.52. The zero-order valence-electron chi connectivity index (χ0n) is 8.13. The Bertz CT molecular complexity index is 366. The molecule has 0 amide bonds. The van der Waals surface area contributed by atoms with Crippen molar-refractivity contribution in [3.05, 3.63) is 39.6 Å². The Morgan fingerprint density at radius 3 is 2.69 bits per heavy atom. The summed E-state index contributed by atoms with van der Waals surface area (Å²) in [6.07, 6.45) is 6.98. The number of aryl methyl sites for hydroxylation is 1. The molecule has 0 aromatic carbocycles. The first-order valence-electron chi connectivity index (χ1n) is 4.70. The fraction of sp³-hybridized carbons (Fsp3) is 0.333. The molecule has 0 atom stereocenters. The molecule has 1 aliphatic rings. The maximum absolute atomic E-state index is 2.28. The molecule has 2 rings (SSSR count). The van der Waals surface area contributed by atoms with E-state index in [9.17, 15) is 0 Å². The van der Waals surface area contributed by atoms with Crippen LogP contribution in [-0.2, 0) is 0 Å². The van der Waals surface area contributed by atoms with Gasteiger partial charge in [0.1, 0.15) is 0 Å². The minimum Gasteiger partial charge on any atom is -0.141 e. The van der Waals surface area contributed by atoms with E-state index >= 15 is 0 Å². The van der Waals surface area contributed by atoms with Crippen molar-refractivity contribution in [1.29, 1.82) is 0 Å². The quantitative estimate of drug-likeness (QED) is 0.623. The summed E-state index contributed by atoms with van der Waals surface area (Å²) in [6, 6.07) is 4.43. The Morgan fingerprint density at radius 1 is 1.23 bits per heavy atom. The molecule has 0 saturated carbocycles. The van der Waals surface area contributed by atoms with E-state index in [0.717, 1.165) is 0 Å². The van der Waals surface area contributed by atoms with Crippen molar-refractivity contribution in [3.8, 4) is 0 Å². The largest absolute Gasteiger partial charge is 0.141 e. The van der Waals surface area contributed by atoms with Crippen LogP contribution >= 0.6 is 11.3 Å². The molecular weight excluding hydrogens is 176 g/mol. The molecule has 1 aromatic heterocycles. The topological polar surface area (TPSA) is 0 Å². The van der Waals surface area contributed by atoms with Crippen molar-refractivity contribution in [2.75, 3.05) is 0 Å². The maximum atomic E-state index is 2.28. The zero-order chi connectivity index (χ0) is 9.26. The average Bonchev–Trinajstić information content (AvgIpc) is 2.53. The van der Waals surface area contributed by atoms with Crippen LogP contribution in [-0.4, -0.2) is 0 Å². The van der Waals surface area contributed by atoms with Gasteiger partial charge >= 0.3 is 0 Å². The van der Waals surface area contributed by atoms with E-state index in [1.54, 1.807) is 0 Å². The van der Waals surface area contributed by atoms with Crippen molar-refractivity contribution in [3.63, 3.8) is 0 Å². The summed E-state index contributed by atoms with van der Waals surface area (Å²) in [5, 5.41) is 0. The lowest BCUT2D eigenvalue weighted by molar-refractivity contribution is 0.968. The summed E-state index contributed by atoms with van der Waals surface area (Å²) in [5.41, 5.74) is 2.98. The lowest BCUT2D eigenvalue weighted by Crippen LogP contribution is -1.88. The molecule has 13 heavy (non-hydrogen) atoms. The fourth-order valence-electron chi connectivity index (χ4n) is 1.65. The first kappa shape index (κ1) is 8.76. The SMILES string of the molecule is CC1=C(c2ccc(C)s2)C=CCC1. The van der Waals surface area contributed by atoms with Gasteiger partial charge in [0.15, 0.2) is 0 Å². The first-order chi connectivity index (χ1) is 6.27. The smallest absolute Gasteiger partial charge is 0.0344 e. The molecular formula is C12H14S. The van der Waals surface area contributed by atoms with E-state index in [4.69, 9.17) is 0 Å². The van der Waals surface area contributed by atoms with Gasteiger partial charge in [-0.1, -0.05) is 17.7 Å². The Morgan fingerprint density at radius 2 is 2.08 bits per heavy atom. The van der Waals surface area contributed by atoms with Crippen LogP contribution in [0.4, 0.5) is 0 Å². The maximum Gasteiger partial charge on any atom is 0.0344 e. The van der Waals surface area contributed by atoms with Crippen molar-refractivity contribution in [1.82, 2.24) is 0 Å². The standard InChI is InChI=1S/C12H14S/c1-9-5-3-4-6-11(9)12-8-7-10(2)13-12/h4,6-8H,3,5H2,1-2H3. The molecule has 0 bridgehead atoms. The highest BCUT2D eigenvalue weighted by Crippen LogP contribution is 2.31. The molecule has 0 nitrogen and oxygen atoms in total. The summed E-state index contributed by atoms with van der Waals surface area (Å²) in [6.45, 7) is 4.41. The van der Waals surface area contributed by atoms with Crippen LogP contribution in [0.5, 0.6) is 0 Å². The molecule has 1 heteroatoms. The van der Waals surface area contributed by atoms with E-state index < -0.39 is 0 Å². The van der Waals surface area contributed by atoms with E-state index in [1.165, 1.54) is 33.7 Å². The third kappa shape index (κ3) is 1.75. The highest BCUT2D eigenvalue weighted by atomic mass is 32.1. The van der Waals surface area contributed by atoms with Crippen molar-refractivity contribution < 1.29 is 0 Å². The summed E-state index contributed by atoms with van der Waals surface area (Å²) >= 11 is 1.89. The van der Waals surface area contributed by atoms with Crippen LogP contribution in [0, 0.1) is 6.92 Å². The van der Waals surface area contributed by atoms with Gasteiger partial charge in [0.2, 0.25) is 0 Å². The number of hydrogen-bond acceptors (Lipinski definition) is 1. The molecule has 1 heterocycles. The van der Waals surface area contributed by atoms with Crippen molar-refractivity contribution >= 4 is 16.9 Å². The van der Waals surface area contributed by atoms with Crippen LogP contribution in [0.2, 0.25) is 0 Å². The summed E-state index contributed by atoms with van der Waals surface area (Å²) in [5.74, 6) is 0. The molecule has 0 spiro atoms. The molecule has 68 valence electrons. The third-order valence-electron chi connectivity index (χ3n) is 2.44. The number of hydrogen-bond donors (Lipinski definition) is 0. The average molecular weight is 190 g/mol. The second-order valence-corrected chi connectivity index (χ2v) is 4.83. The van der Waals surface area contributed by atoms with Crippen LogP contribution in [0.15, 0.2) is 29.9 Å². The minimum atomic E-state index is 1.21.